The highest BCUT2D eigenvalue weighted by molar-refractivity contribution is 6.39. The van der Waals surface area contributed by atoms with Crippen LogP contribution in [-0.4, -0.2) is 24.0 Å². The smallest absolute Gasteiger partial charge is 0.352 e. The van der Waals surface area contributed by atoms with E-state index in [1.54, 1.807) is 0 Å². The molecule has 18 heavy (non-hydrogen) atoms. The number of nitrogens with zero attached hydrogens (tertiary/aromatic N) is 1. The number of rotatable bonds is 2. The van der Waals surface area contributed by atoms with E-state index in [1.807, 2.05) is 39.0 Å². The Kier molecular flexibility index (Phi) is 3.28. The number of aliphatic imine (C=N–C) groups is 1. The van der Waals surface area contributed by atoms with Gasteiger partial charge in [0.2, 0.25) is 0 Å². The molecule has 1 aliphatic heterocycles. The number of hydrogen-bond donors (Lipinski definition) is 1. The van der Waals surface area contributed by atoms with Gasteiger partial charge in [0, 0.05) is 5.71 Å². The minimum atomic E-state index is -0.523. The highest BCUT2D eigenvalue weighted by Crippen LogP contribution is 2.32. The van der Waals surface area contributed by atoms with E-state index in [4.69, 9.17) is 10.1 Å². The van der Waals surface area contributed by atoms with Crippen LogP contribution in [0.1, 0.15) is 30.9 Å². The molecular formula is C14H16N2O2. The number of hydrogen-bond acceptors (Lipinski definition) is 4. The Labute approximate surface area is 106 Å². The molecular weight excluding hydrogens is 228 g/mol. The average molecular weight is 244 g/mol. The van der Waals surface area contributed by atoms with Gasteiger partial charge in [0.05, 0.1) is 11.6 Å². The summed E-state index contributed by atoms with van der Waals surface area (Å²) in [6, 6.07) is 5.88. The molecule has 1 aliphatic rings. The van der Waals surface area contributed by atoms with E-state index in [0.717, 1.165) is 22.5 Å². The molecule has 1 fully saturated rings. The monoisotopic (exact) mass is 244 g/mol. The van der Waals surface area contributed by atoms with Crippen molar-refractivity contribution in [2.24, 2.45) is 4.99 Å². The van der Waals surface area contributed by atoms with Gasteiger partial charge in [-0.1, -0.05) is 17.7 Å². The molecule has 0 aromatic heterocycles. The summed E-state index contributed by atoms with van der Waals surface area (Å²) in [5.41, 5.74) is 3.76. The van der Waals surface area contributed by atoms with Gasteiger partial charge in [-0.25, -0.2) is 4.79 Å². The first kappa shape index (κ1) is 12.5. The Hall–Kier alpha value is -1.97. The maximum Gasteiger partial charge on any atom is 0.352 e. The van der Waals surface area contributed by atoms with Crippen LogP contribution in [0.2, 0.25) is 0 Å². The Morgan fingerprint density at radius 3 is 2.72 bits per heavy atom. The fourth-order valence-electron chi connectivity index (χ4n) is 2.00. The highest BCUT2D eigenvalue weighted by Gasteiger charge is 2.33. The largest absolute Gasteiger partial charge is 0.460 e. The molecule has 0 aliphatic carbocycles. The first-order chi connectivity index (χ1) is 8.49. The number of carbonyl (C=O) groups excluding carboxylic acids is 1. The van der Waals surface area contributed by atoms with Crippen LogP contribution < -0.4 is 0 Å². The predicted molar refractivity (Wildman–Crippen MR) is 71.0 cm³/mol. The van der Waals surface area contributed by atoms with Crippen molar-refractivity contribution >= 4 is 23.1 Å². The molecule has 94 valence electrons. The summed E-state index contributed by atoms with van der Waals surface area (Å²) in [5.74, 6) is -0.819. The van der Waals surface area contributed by atoms with Crippen molar-refractivity contribution < 1.29 is 9.53 Å². The van der Waals surface area contributed by atoms with Crippen LogP contribution in [0.3, 0.4) is 0 Å². The third-order valence-corrected chi connectivity index (χ3v) is 2.85. The van der Waals surface area contributed by atoms with E-state index in [9.17, 15) is 4.79 Å². The van der Waals surface area contributed by atoms with Crippen LogP contribution in [0.4, 0.5) is 5.69 Å². The fraction of sp³-hybridized carbons (Fsp3) is 0.357. The summed E-state index contributed by atoms with van der Waals surface area (Å²) in [5, 5.41) is 7.78. The van der Waals surface area contributed by atoms with Crippen molar-refractivity contribution in [2.45, 2.75) is 26.7 Å². The standard InChI is InChI=1S/C14H16N2O2/c1-8(2)16-12-5-4-9(3)6-10(12)11-7-18-14(17)13(11)15/h4-6,11,15H,7H2,1-3H3/t11-/m0/s1. The van der Waals surface area contributed by atoms with Crippen molar-refractivity contribution in [1.29, 1.82) is 5.41 Å². The van der Waals surface area contributed by atoms with Crippen LogP contribution in [0.5, 0.6) is 0 Å². The maximum absolute atomic E-state index is 11.3. The van der Waals surface area contributed by atoms with Crippen molar-refractivity contribution in [3.8, 4) is 0 Å². The first-order valence-electron chi connectivity index (χ1n) is 5.87. The quantitative estimate of drug-likeness (QED) is 0.642. The molecule has 0 saturated carbocycles. The van der Waals surface area contributed by atoms with Gasteiger partial charge in [0.15, 0.2) is 0 Å². The van der Waals surface area contributed by atoms with Gasteiger partial charge >= 0.3 is 5.97 Å². The molecule has 4 heteroatoms. The first-order valence-corrected chi connectivity index (χ1v) is 5.87. The number of aryl methyl sites for hydroxylation is 1. The second-order valence-corrected chi connectivity index (χ2v) is 4.69. The van der Waals surface area contributed by atoms with E-state index < -0.39 is 5.97 Å². The molecule has 1 aromatic rings. The highest BCUT2D eigenvalue weighted by atomic mass is 16.5. The molecule has 0 unspecified atom stereocenters. The van der Waals surface area contributed by atoms with Crippen LogP contribution >= 0.6 is 0 Å². The SMILES string of the molecule is CC(C)=Nc1ccc(C)cc1[C@@H]1COC(=O)C1=N. The number of cyclic esters (lactones) is 1. The van der Waals surface area contributed by atoms with E-state index in [2.05, 4.69) is 4.99 Å². The lowest BCUT2D eigenvalue weighted by molar-refractivity contribution is -0.132. The minimum absolute atomic E-state index is 0.0193. The predicted octanol–water partition coefficient (Wildman–Crippen LogP) is 2.77. The minimum Gasteiger partial charge on any atom is -0.460 e. The number of nitrogens with one attached hydrogen (secondary N) is 1. The van der Waals surface area contributed by atoms with Crippen molar-refractivity contribution in [3.63, 3.8) is 0 Å². The van der Waals surface area contributed by atoms with Crippen LogP contribution in [0.25, 0.3) is 0 Å². The number of carbonyl (C=O) groups is 1. The van der Waals surface area contributed by atoms with Gasteiger partial charge < -0.3 is 4.74 Å². The zero-order valence-corrected chi connectivity index (χ0v) is 10.8. The molecule has 1 atom stereocenters. The third kappa shape index (κ3) is 2.32. The second-order valence-electron chi connectivity index (χ2n) is 4.69. The normalized spacial score (nSPS) is 18.7. The molecule has 1 N–H and O–H groups in total. The number of esters is 1. The summed E-state index contributed by atoms with van der Waals surface area (Å²) < 4.78 is 4.92. The molecule has 0 spiro atoms. The Balaban J connectivity index is 2.49. The molecule has 0 radical (unpaired) electrons. The molecule has 2 rings (SSSR count). The summed E-state index contributed by atoms with van der Waals surface area (Å²) >= 11 is 0. The van der Waals surface area contributed by atoms with Crippen molar-refractivity contribution in [3.05, 3.63) is 29.3 Å². The maximum atomic E-state index is 11.3. The van der Waals surface area contributed by atoms with E-state index >= 15 is 0 Å². The topological polar surface area (TPSA) is 62.5 Å². The van der Waals surface area contributed by atoms with Gasteiger partial charge in [-0.15, -0.1) is 0 Å². The van der Waals surface area contributed by atoms with Crippen LogP contribution in [0.15, 0.2) is 23.2 Å². The van der Waals surface area contributed by atoms with E-state index in [0.29, 0.717) is 0 Å². The molecule has 1 saturated heterocycles. The Morgan fingerprint density at radius 2 is 2.17 bits per heavy atom. The van der Waals surface area contributed by atoms with Crippen molar-refractivity contribution in [2.75, 3.05) is 6.61 Å². The van der Waals surface area contributed by atoms with Gasteiger partial charge in [-0.2, -0.15) is 0 Å². The lowest BCUT2D eigenvalue weighted by atomic mass is 9.93. The fourth-order valence-corrected chi connectivity index (χ4v) is 2.00. The summed E-state index contributed by atoms with van der Waals surface area (Å²) in [7, 11) is 0. The Morgan fingerprint density at radius 1 is 1.44 bits per heavy atom. The number of ether oxygens (including phenoxy) is 1. The molecule has 0 amide bonds. The third-order valence-electron chi connectivity index (χ3n) is 2.85. The molecule has 1 heterocycles. The Bertz CT molecular complexity index is 543. The van der Waals surface area contributed by atoms with Gasteiger partial charge in [0.25, 0.3) is 0 Å². The molecule has 4 nitrogen and oxygen atoms in total. The van der Waals surface area contributed by atoms with E-state index in [-0.39, 0.29) is 18.2 Å². The van der Waals surface area contributed by atoms with Gasteiger partial charge in [-0.05, 0) is 32.4 Å². The molecule has 0 bridgehead atoms. The van der Waals surface area contributed by atoms with Crippen LogP contribution in [-0.2, 0) is 9.53 Å². The second kappa shape index (κ2) is 4.72. The zero-order chi connectivity index (χ0) is 13.3. The summed E-state index contributed by atoms with van der Waals surface area (Å²) in [6.07, 6.45) is 0. The van der Waals surface area contributed by atoms with E-state index in [1.165, 1.54) is 0 Å². The van der Waals surface area contributed by atoms with Crippen LogP contribution in [0, 0.1) is 12.3 Å². The van der Waals surface area contributed by atoms with Gasteiger partial charge in [0.1, 0.15) is 12.3 Å². The summed E-state index contributed by atoms with van der Waals surface area (Å²) in [6.45, 7) is 6.07. The average Bonchev–Trinajstić information content (AvgIpc) is 2.62. The molecule has 1 aromatic carbocycles. The lowest BCUT2D eigenvalue weighted by Crippen LogP contribution is -2.12. The van der Waals surface area contributed by atoms with Crippen molar-refractivity contribution in [1.82, 2.24) is 0 Å². The zero-order valence-electron chi connectivity index (χ0n) is 10.8. The number of benzene rings is 1. The summed E-state index contributed by atoms with van der Waals surface area (Å²) in [4.78, 5) is 15.8. The lowest BCUT2D eigenvalue weighted by Gasteiger charge is -2.12. The van der Waals surface area contributed by atoms with Gasteiger partial charge in [-0.3, -0.25) is 10.4 Å².